The van der Waals surface area contributed by atoms with Crippen molar-refractivity contribution in [2.24, 2.45) is 0 Å². The predicted molar refractivity (Wildman–Crippen MR) is 43.6 cm³/mol. The minimum atomic E-state index is 0.227. The molecule has 0 saturated carbocycles. The summed E-state index contributed by atoms with van der Waals surface area (Å²) in [6.45, 7) is 0. The number of H-pyrrole nitrogens is 1. The zero-order valence-electron chi connectivity index (χ0n) is 5.87. The SMILES string of the molecule is N#Cc1nc2nccc(Cl)c2[nH]1. The van der Waals surface area contributed by atoms with E-state index in [1.807, 2.05) is 6.07 Å². The van der Waals surface area contributed by atoms with Gasteiger partial charge in [0.15, 0.2) is 5.65 Å². The summed E-state index contributed by atoms with van der Waals surface area (Å²) in [5.74, 6) is 0.227. The molecule has 0 radical (unpaired) electrons. The van der Waals surface area contributed by atoms with E-state index in [0.717, 1.165) is 0 Å². The van der Waals surface area contributed by atoms with Crippen molar-refractivity contribution < 1.29 is 0 Å². The lowest BCUT2D eigenvalue weighted by Crippen LogP contribution is -1.75. The normalized spacial score (nSPS) is 10.0. The molecule has 0 unspecified atom stereocenters. The molecule has 58 valence electrons. The van der Waals surface area contributed by atoms with Gasteiger partial charge in [0.05, 0.1) is 5.02 Å². The molecule has 2 heterocycles. The Kier molecular flexibility index (Phi) is 1.45. The van der Waals surface area contributed by atoms with Gasteiger partial charge in [0, 0.05) is 6.20 Å². The van der Waals surface area contributed by atoms with E-state index in [4.69, 9.17) is 16.9 Å². The first-order valence-corrected chi connectivity index (χ1v) is 3.59. The van der Waals surface area contributed by atoms with Crippen LogP contribution in [0.15, 0.2) is 12.3 Å². The van der Waals surface area contributed by atoms with Crippen LogP contribution in [0.25, 0.3) is 11.2 Å². The number of aromatic nitrogens is 3. The summed E-state index contributed by atoms with van der Waals surface area (Å²) in [6.07, 6.45) is 1.55. The molecule has 4 nitrogen and oxygen atoms in total. The molecule has 5 heteroatoms. The summed E-state index contributed by atoms with van der Waals surface area (Å²) < 4.78 is 0. The average Bonchev–Trinajstić information content (AvgIpc) is 2.49. The number of nitriles is 1. The monoisotopic (exact) mass is 178 g/mol. The Bertz CT molecular complexity index is 468. The number of aromatic amines is 1. The second-order valence-electron chi connectivity index (χ2n) is 2.19. The Morgan fingerprint density at radius 1 is 1.58 bits per heavy atom. The van der Waals surface area contributed by atoms with E-state index < -0.39 is 0 Å². The summed E-state index contributed by atoms with van der Waals surface area (Å²) in [6, 6.07) is 3.52. The molecular formula is C7H3ClN4. The molecule has 1 N–H and O–H groups in total. The van der Waals surface area contributed by atoms with Gasteiger partial charge in [-0.1, -0.05) is 11.6 Å². The third kappa shape index (κ3) is 0.917. The molecule has 2 aromatic rings. The fourth-order valence-corrected chi connectivity index (χ4v) is 1.12. The molecule has 0 atom stereocenters. The van der Waals surface area contributed by atoms with E-state index in [0.29, 0.717) is 16.2 Å². The van der Waals surface area contributed by atoms with Crippen LogP contribution in [0.2, 0.25) is 5.02 Å². The number of fused-ring (bicyclic) bond motifs is 1. The molecular weight excluding hydrogens is 176 g/mol. The quantitative estimate of drug-likeness (QED) is 0.665. The van der Waals surface area contributed by atoms with Gasteiger partial charge in [0.1, 0.15) is 11.6 Å². The van der Waals surface area contributed by atoms with Crippen molar-refractivity contribution in [1.29, 1.82) is 5.26 Å². The van der Waals surface area contributed by atoms with Crippen LogP contribution in [0.3, 0.4) is 0 Å². The molecule has 0 saturated heterocycles. The summed E-state index contributed by atoms with van der Waals surface area (Å²) >= 11 is 5.81. The van der Waals surface area contributed by atoms with E-state index in [1.54, 1.807) is 12.3 Å². The van der Waals surface area contributed by atoms with E-state index >= 15 is 0 Å². The van der Waals surface area contributed by atoms with Gasteiger partial charge < -0.3 is 4.98 Å². The molecule has 0 aliphatic rings. The molecule has 0 fully saturated rings. The lowest BCUT2D eigenvalue weighted by Gasteiger charge is -1.87. The van der Waals surface area contributed by atoms with Crippen molar-refractivity contribution in [2.75, 3.05) is 0 Å². The largest absolute Gasteiger partial charge is 0.327 e. The van der Waals surface area contributed by atoms with Crippen LogP contribution in [0.1, 0.15) is 5.82 Å². The van der Waals surface area contributed by atoms with Crippen molar-refractivity contribution in [3.05, 3.63) is 23.1 Å². The minimum Gasteiger partial charge on any atom is -0.327 e. The Labute approximate surface area is 72.8 Å². The van der Waals surface area contributed by atoms with E-state index in [9.17, 15) is 0 Å². The molecule has 0 spiro atoms. The second kappa shape index (κ2) is 2.47. The van der Waals surface area contributed by atoms with Gasteiger partial charge in [0.25, 0.3) is 0 Å². The van der Waals surface area contributed by atoms with Gasteiger partial charge >= 0.3 is 0 Å². The van der Waals surface area contributed by atoms with Crippen molar-refractivity contribution in [2.45, 2.75) is 0 Å². The Morgan fingerprint density at radius 3 is 3.08 bits per heavy atom. The summed E-state index contributed by atoms with van der Waals surface area (Å²) in [5.41, 5.74) is 1.08. The second-order valence-corrected chi connectivity index (χ2v) is 2.60. The first-order chi connectivity index (χ1) is 5.81. The Balaban J connectivity index is 2.85. The van der Waals surface area contributed by atoms with E-state index in [1.165, 1.54) is 0 Å². The van der Waals surface area contributed by atoms with Crippen LogP contribution < -0.4 is 0 Å². The summed E-state index contributed by atoms with van der Waals surface area (Å²) in [5, 5.41) is 9.04. The Hall–Kier alpha value is -1.60. The lowest BCUT2D eigenvalue weighted by atomic mass is 10.4. The fourth-order valence-electron chi connectivity index (χ4n) is 0.934. The lowest BCUT2D eigenvalue weighted by molar-refractivity contribution is 1.23. The number of pyridine rings is 1. The van der Waals surface area contributed by atoms with Gasteiger partial charge in [-0.05, 0) is 6.07 Å². The summed E-state index contributed by atoms with van der Waals surface area (Å²) in [7, 11) is 0. The van der Waals surface area contributed by atoms with Gasteiger partial charge in [-0.2, -0.15) is 10.2 Å². The first kappa shape index (κ1) is 7.07. The number of imidazole rings is 1. The van der Waals surface area contributed by atoms with Crippen LogP contribution in [0, 0.1) is 11.3 Å². The molecule has 0 aromatic carbocycles. The van der Waals surface area contributed by atoms with Crippen molar-refractivity contribution >= 4 is 22.8 Å². The van der Waals surface area contributed by atoms with Gasteiger partial charge in [-0.25, -0.2) is 4.98 Å². The zero-order valence-corrected chi connectivity index (χ0v) is 6.63. The van der Waals surface area contributed by atoms with Crippen LogP contribution in [0.4, 0.5) is 0 Å². The van der Waals surface area contributed by atoms with Gasteiger partial charge in [0.2, 0.25) is 5.82 Å². The smallest absolute Gasteiger partial charge is 0.212 e. The highest BCUT2D eigenvalue weighted by atomic mass is 35.5. The highest BCUT2D eigenvalue weighted by Gasteiger charge is 2.04. The maximum absolute atomic E-state index is 8.51. The minimum absolute atomic E-state index is 0.227. The number of nitrogens with zero attached hydrogens (tertiary/aromatic N) is 3. The topological polar surface area (TPSA) is 65.4 Å². The number of nitrogens with one attached hydrogen (secondary N) is 1. The molecule has 0 aliphatic carbocycles. The molecule has 12 heavy (non-hydrogen) atoms. The number of rotatable bonds is 0. The van der Waals surface area contributed by atoms with Crippen LogP contribution >= 0.6 is 11.6 Å². The predicted octanol–water partition coefficient (Wildman–Crippen LogP) is 1.48. The van der Waals surface area contributed by atoms with E-state index in [2.05, 4.69) is 15.0 Å². The number of hydrogen-bond donors (Lipinski definition) is 1. The summed E-state index contributed by atoms with van der Waals surface area (Å²) in [4.78, 5) is 10.6. The Morgan fingerprint density at radius 2 is 2.42 bits per heavy atom. The van der Waals surface area contributed by atoms with Crippen LogP contribution in [-0.2, 0) is 0 Å². The maximum Gasteiger partial charge on any atom is 0.212 e. The molecule has 0 bridgehead atoms. The zero-order chi connectivity index (χ0) is 8.55. The molecule has 2 aromatic heterocycles. The van der Waals surface area contributed by atoms with E-state index in [-0.39, 0.29) is 5.82 Å². The third-order valence-corrected chi connectivity index (χ3v) is 1.76. The van der Waals surface area contributed by atoms with Crippen LogP contribution in [0.5, 0.6) is 0 Å². The van der Waals surface area contributed by atoms with Crippen LogP contribution in [-0.4, -0.2) is 15.0 Å². The highest BCUT2D eigenvalue weighted by molar-refractivity contribution is 6.34. The molecule has 0 amide bonds. The third-order valence-electron chi connectivity index (χ3n) is 1.45. The fraction of sp³-hybridized carbons (Fsp3) is 0. The number of hydrogen-bond acceptors (Lipinski definition) is 3. The first-order valence-electron chi connectivity index (χ1n) is 3.21. The maximum atomic E-state index is 8.51. The standard InChI is InChI=1S/C7H3ClN4/c8-4-1-2-10-7-6(4)11-5(3-9)12-7/h1-2H,(H,10,11,12). The average molecular weight is 179 g/mol. The number of halogens is 1. The van der Waals surface area contributed by atoms with Crippen molar-refractivity contribution in [1.82, 2.24) is 15.0 Å². The van der Waals surface area contributed by atoms with Crippen molar-refractivity contribution in [3.63, 3.8) is 0 Å². The van der Waals surface area contributed by atoms with Gasteiger partial charge in [-0.3, -0.25) is 0 Å². The van der Waals surface area contributed by atoms with Gasteiger partial charge in [-0.15, -0.1) is 0 Å². The highest BCUT2D eigenvalue weighted by Crippen LogP contribution is 2.18. The molecule has 2 rings (SSSR count). The molecule has 0 aliphatic heterocycles. The van der Waals surface area contributed by atoms with Crippen molar-refractivity contribution in [3.8, 4) is 6.07 Å².